The molecule has 0 aliphatic heterocycles. The standard InChI is InChI=1S/C26H48N2O14/c29-23(27-5-3-25(31)32)1-2-24(30)28-6-8-36-10-12-38-14-16-40-18-20-42-22-21-41-19-17-39-15-13-37-11-9-35-7-4-26(33)34/h1-22H2,(H,27,29)(H,28,30)(H,31,32)(H,33,34). The van der Waals surface area contributed by atoms with E-state index in [2.05, 4.69) is 10.6 Å². The van der Waals surface area contributed by atoms with E-state index in [1.54, 1.807) is 0 Å². The summed E-state index contributed by atoms with van der Waals surface area (Å²) >= 11 is 0. The third-order valence-corrected chi connectivity index (χ3v) is 4.87. The van der Waals surface area contributed by atoms with Crippen molar-refractivity contribution in [3.05, 3.63) is 0 Å². The van der Waals surface area contributed by atoms with Crippen LogP contribution < -0.4 is 10.6 Å². The van der Waals surface area contributed by atoms with Gasteiger partial charge in [-0.25, -0.2) is 0 Å². The lowest BCUT2D eigenvalue weighted by atomic mass is 10.2. The molecule has 0 heterocycles. The topological polar surface area (TPSA) is 207 Å². The molecule has 246 valence electrons. The van der Waals surface area contributed by atoms with Crippen molar-refractivity contribution >= 4 is 23.8 Å². The summed E-state index contributed by atoms with van der Waals surface area (Å²) in [6.07, 6.45) is -0.154. The minimum atomic E-state index is -0.996. The summed E-state index contributed by atoms with van der Waals surface area (Å²) in [6, 6.07) is 0. The van der Waals surface area contributed by atoms with Gasteiger partial charge in [0.15, 0.2) is 0 Å². The fourth-order valence-corrected chi connectivity index (χ4v) is 2.78. The van der Waals surface area contributed by atoms with Crippen LogP contribution in [-0.4, -0.2) is 153 Å². The number of carboxylic acids is 2. The number of ether oxygens (including phenoxy) is 8. The molecular weight excluding hydrogens is 564 g/mol. The lowest BCUT2D eigenvalue weighted by molar-refractivity contribution is -0.139. The molecule has 0 rings (SSSR count). The average molecular weight is 613 g/mol. The van der Waals surface area contributed by atoms with Crippen LogP contribution in [0.2, 0.25) is 0 Å². The summed E-state index contributed by atoms with van der Waals surface area (Å²) in [7, 11) is 0. The van der Waals surface area contributed by atoms with E-state index in [-0.39, 0.29) is 50.6 Å². The van der Waals surface area contributed by atoms with Gasteiger partial charge in [-0.3, -0.25) is 19.2 Å². The first-order chi connectivity index (χ1) is 20.4. The summed E-state index contributed by atoms with van der Waals surface area (Å²) in [5.41, 5.74) is 0. The first-order valence-corrected chi connectivity index (χ1v) is 14.0. The molecule has 0 aliphatic carbocycles. The van der Waals surface area contributed by atoms with Gasteiger partial charge < -0.3 is 58.7 Å². The number of hydrogen-bond acceptors (Lipinski definition) is 12. The molecule has 0 spiro atoms. The first kappa shape index (κ1) is 39.6. The van der Waals surface area contributed by atoms with Gasteiger partial charge in [0, 0.05) is 25.9 Å². The fourth-order valence-electron chi connectivity index (χ4n) is 2.78. The number of carbonyl (C=O) groups excluding carboxylic acids is 2. The van der Waals surface area contributed by atoms with Gasteiger partial charge in [-0.15, -0.1) is 0 Å². The van der Waals surface area contributed by atoms with Crippen LogP contribution in [0.15, 0.2) is 0 Å². The van der Waals surface area contributed by atoms with E-state index < -0.39 is 11.9 Å². The SMILES string of the molecule is O=C(O)CCNC(=O)CCC(=O)NCCOCCOCCOCCOCCOCCOCCOCCOCCC(=O)O. The predicted octanol–water partition coefficient (Wildman–Crippen LogP) is -0.919. The summed E-state index contributed by atoms with van der Waals surface area (Å²) in [6.45, 7) is 6.76. The molecule has 0 radical (unpaired) electrons. The maximum Gasteiger partial charge on any atom is 0.305 e. The molecule has 0 fully saturated rings. The first-order valence-electron chi connectivity index (χ1n) is 14.0. The Labute approximate surface area is 246 Å². The van der Waals surface area contributed by atoms with E-state index in [1.165, 1.54) is 0 Å². The minimum absolute atomic E-state index is 0.00319. The summed E-state index contributed by atoms with van der Waals surface area (Å²) < 4.78 is 42.7. The van der Waals surface area contributed by atoms with Crippen molar-refractivity contribution in [2.75, 3.05) is 119 Å². The Bertz CT molecular complexity index is 683. The van der Waals surface area contributed by atoms with Crippen molar-refractivity contribution in [2.24, 2.45) is 0 Å². The van der Waals surface area contributed by atoms with Crippen LogP contribution in [0.4, 0.5) is 0 Å². The van der Waals surface area contributed by atoms with Crippen LogP contribution in [0, 0.1) is 0 Å². The zero-order valence-corrected chi connectivity index (χ0v) is 24.3. The van der Waals surface area contributed by atoms with Gasteiger partial charge >= 0.3 is 11.9 Å². The van der Waals surface area contributed by atoms with Gasteiger partial charge in [-0.05, 0) is 0 Å². The summed E-state index contributed by atoms with van der Waals surface area (Å²) in [5, 5.41) is 22.0. The normalized spacial score (nSPS) is 11.0. The van der Waals surface area contributed by atoms with Crippen LogP contribution in [-0.2, 0) is 57.1 Å². The van der Waals surface area contributed by atoms with Gasteiger partial charge in [0.2, 0.25) is 11.8 Å². The Balaban J connectivity index is 3.18. The second-order valence-corrected chi connectivity index (χ2v) is 8.39. The number of hydrogen-bond donors (Lipinski definition) is 4. The number of rotatable bonds is 33. The van der Waals surface area contributed by atoms with Gasteiger partial charge in [0.05, 0.1) is 119 Å². The maximum absolute atomic E-state index is 11.7. The highest BCUT2D eigenvalue weighted by Crippen LogP contribution is 1.90. The minimum Gasteiger partial charge on any atom is -0.481 e. The third-order valence-electron chi connectivity index (χ3n) is 4.87. The van der Waals surface area contributed by atoms with Crippen molar-refractivity contribution in [3.63, 3.8) is 0 Å². The van der Waals surface area contributed by atoms with Gasteiger partial charge in [-0.1, -0.05) is 0 Å². The quantitative estimate of drug-likeness (QED) is 0.0662. The van der Waals surface area contributed by atoms with Gasteiger partial charge in [0.1, 0.15) is 0 Å². The molecule has 2 amide bonds. The fraction of sp³-hybridized carbons (Fsp3) is 0.846. The number of nitrogens with one attached hydrogen (secondary N) is 2. The number of aliphatic carboxylic acids is 2. The third kappa shape index (κ3) is 33.8. The zero-order chi connectivity index (χ0) is 30.9. The van der Waals surface area contributed by atoms with Crippen LogP contribution in [0.3, 0.4) is 0 Å². The molecule has 0 saturated heterocycles. The van der Waals surface area contributed by atoms with E-state index in [9.17, 15) is 19.2 Å². The van der Waals surface area contributed by atoms with E-state index in [1.807, 2.05) is 0 Å². The highest BCUT2D eigenvalue weighted by atomic mass is 16.6. The van der Waals surface area contributed by atoms with E-state index in [0.717, 1.165) is 0 Å². The van der Waals surface area contributed by atoms with E-state index in [4.69, 9.17) is 48.1 Å². The molecule has 0 unspecified atom stereocenters. The second kappa shape index (κ2) is 31.5. The highest BCUT2D eigenvalue weighted by molar-refractivity contribution is 5.83. The molecule has 16 nitrogen and oxygen atoms in total. The van der Waals surface area contributed by atoms with Crippen LogP contribution in [0.25, 0.3) is 0 Å². The lowest BCUT2D eigenvalue weighted by Gasteiger charge is -2.09. The maximum atomic E-state index is 11.7. The smallest absolute Gasteiger partial charge is 0.305 e. The predicted molar refractivity (Wildman–Crippen MR) is 146 cm³/mol. The molecule has 0 atom stereocenters. The molecule has 0 aromatic heterocycles. The van der Waals surface area contributed by atoms with Crippen molar-refractivity contribution < 1.29 is 67.3 Å². The molecule has 0 bridgehead atoms. The van der Waals surface area contributed by atoms with Crippen LogP contribution in [0.5, 0.6) is 0 Å². The van der Waals surface area contributed by atoms with Crippen LogP contribution in [0.1, 0.15) is 25.7 Å². The molecule has 0 aromatic rings. The summed E-state index contributed by atoms with van der Waals surface area (Å²) in [4.78, 5) is 43.8. The van der Waals surface area contributed by atoms with Crippen molar-refractivity contribution in [3.8, 4) is 0 Å². The highest BCUT2D eigenvalue weighted by Gasteiger charge is 2.07. The molecule has 4 N–H and O–H groups in total. The zero-order valence-electron chi connectivity index (χ0n) is 24.3. The molecule has 0 aromatic carbocycles. The average Bonchev–Trinajstić information content (AvgIpc) is 2.95. The summed E-state index contributed by atoms with van der Waals surface area (Å²) in [5.74, 6) is -2.53. The molecular formula is C26H48N2O14. The van der Waals surface area contributed by atoms with E-state index >= 15 is 0 Å². The van der Waals surface area contributed by atoms with Gasteiger partial charge in [0.25, 0.3) is 0 Å². The number of carboxylic acid groups (broad SMARTS) is 2. The molecule has 0 aliphatic rings. The largest absolute Gasteiger partial charge is 0.481 e. The second-order valence-electron chi connectivity index (χ2n) is 8.39. The van der Waals surface area contributed by atoms with Crippen molar-refractivity contribution in [1.29, 1.82) is 0 Å². The number of carbonyl (C=O) groups is 4. The Kier molecular flexibility index (Phi) is 29.7. The van der Waals surface area contributed by atoms with Crippen molar-refractivity contribution in [2.45, 2.75) is 25.7 Å². The Morgan fingerprint density at radius 3 is 0.976 bits per heavy atom. The van der Waals surface area contributed by atoms with Crippen LogP contribution >= 0.6 is 0 Å². The van der Waals surface area contributed by atoms with E-state index in [0.29, 0.717) is 106 Å². The Hall–Kier alpha value is -2.44. The Morgan fingerprint density at radius 1 is 0.357 bits per heavy atom. The van der Waals surface area contributed by atoms with Gasteiger partial charge in [-0.2, -0.15) is 0 Å². The Morgan fingerprint density at radius 2 is 0.643 bits per heavy atom. The lowest BCUT2D eigenvalue weighted by Crippen LogP contribution is -2.30. The van der Waals surface area contributed by atoms with Crippen molar-refractivity contribution in [1.82, 2.24) is 10.6 Å². The molecule has 16 heteroatoms. The number of amides is 2. The molecule has 42 heavy (non-hydrogen) atoms. The molecule has 0 saturated carbocycles. The monoisotopic (exact) mass is 612 g/mol.